The lowest BCUT2D eigenvalue weighted by atomic mass is 10.1. The molecule has 2 N–H and O–H groups in total. The van der Waals surface area contributed by atoms with E-state index < -0.39 is 5.97 Å². The highest BCUT2D eigenvalue weighted by atomic mass is 79.9. The van der Waals surface area contributed by atoms with E-state index in [0.717, 1.165) is 22.9 Å². The summed E-state index contributed by atoms with van der Waals surface area (Å²) in [5.74, 6) is -0.345. The number of thioether (sulfide) groups is 1. The zero-order chi connectivity index (χ0) is 15.0. The van der Waals surface area contributed by atoms with Gasteiger partial charge in [-0.05, 0) is 30.5 Å². The molecule has 21 heavy (non-hydrogen) atoms. The van der Waals surface area contributed by atoms with E-state index >= 15 is 0 Å². The zero-order valence-electron chi connectivity index (χ0n) is 10.9. The van der Waals surface area contributed by atoms with Gasteiger partial charge in [0.15, 0.2) is 5.16 Å². The lowest BCUT2D eigenvalue weighted by molar-refractivity contribution is 0.0697. The first kappa shape index (κ1) is 14.4. The Bertz CT molecular complexity index is 751. The maximum absolute atomic E-state index is 11.7. The second-order valence-electron chi connectivity index (χ2n) is 4.81. The summed E-state index contributed by atoms with van der Waals surface area (Å²) in [6.07, 6.45) is 2.04. The van der Waals surface area contributed by atoms with Gasteiger partial charge < -0.3 is 5.11 Å². The first-order valence-electron chi connectivity index (χ1n) is 6.37. The quantitative estimate of drug-likeness (QED) is 0.790. The van der Waals surface area contributed by atoms with Gasteiger partial charge in [0.1, 0.15) is 0 Å². The number of H-pyrrole nitrogens is 1. The molecule has 8 heteroatoms. The summed E-state index contributed by atoms with van der Waals surface area (Å²) in [6.45, 7) is 0. The van der Waals surface area contributed by atoms with Gasteiger partial charge in [0.2, 0.25) is 0 Å². The van der Waals surface area contributed by atoms with Gasteiger partial charge >= 0.3 is 11.7 Å². The van der Waals surface area contributed by atoms with Crippen LogP contribution in [0.4, 0.5) is 0 Å². The molecule has 0 aliphatic heterocycles. The summed E-state index contributed by atoms with van der Waals surface area (Å²) in [7, 11) is 0. The molecular weight excluding hydrogens is 358 g/mol. The number of nitrogens with zero attached hydrogens (tertiary/aromatic N) is 2. The van der Waals surface area contributed by atoms with Gasteiger partial charge in [0.05, 0.1) is 5.56 Å². The Morgan fingerprint density at radius 3 is 2.90 bits per heavy atom. The van der Waals surface area contributed by atoms with Crippen LogP contribution < -0.4 is 5.69 Å². The minimum absolute atomic E-state index is 0.166. The minimum Gasteiger partial charge on any atom is -0.478 e. The van der Waals surface area contributed by atoms with Crippen LogP contribution >= 0.6 is 27.7 Å². The fourth-order valence-corrected chi connectivity index (χ4v) is 3.71. The molecule has 0 atom stereocenters. The summed E-state index contributed by atoms with van der Waals surface area (Å²) in [5.41, 5.74) is 1.04. The van der Waals surface area contributed by atoms with E-state index in [1.165, 1.54) is 11.8 Å². The Hall–Kier alpha value is -1.54. The highest BCUT2D eigenvalue weighted by Crippen LogP contribution is 2.37. The molecule has 0 amide bonds. The molecule has 0 radical (unpaired) electrons. The van der Waals surface area contributed by atoms with Crippen LogP contribution in [0, 0.1) is 0 Å². The van der Waals surface area contributed by atoms with Crippen molar-refractivity contribution < 1.29 is 9.90 Å². The second kappa shape index (κ2) is 5.69. The Morgan fingerprint density at radius 1 is 1.52 bits per heavy atom. The van der Waals surface area contributed by atoms with Crippen molar-refractivity contribution in [1.29, 1.82) is 0 Å². The SMILES string of the molecule is O=C(O)c1ccc(CSc2n[nH]c(=O)n2C2CC2)c(Br)c1. The molecule has 110 valence electrons. The van der Waals surface area contributed by atoms with E-state index in [-0.39, 0.29) is 17.3 Å². The predicted molar refractivity (Wildman–Crippen MR) is 81.8 cm³/mol. The van der Waals surface area contributed by atoms with E-state index in [4.69, 9.17) is 5.11 Å². The summed E-state index contributed by atoms with van der Waals surface area (Å²) in [4.78, 5) is 22.6. The number of rotatable bonds is 5. The molecule has 2 aromatic rings. The molecule has 1 aliphatic carbocycles. The van der Waals surface area contributed by atoms with Gasteiger partial charge in [-0.1, -0.05) is 33.8 Å². The number of aromatic amines is 1. The molecule has 1 saturated carbocycles. The largest absolute Gasteiger partial charge is 0.478 e. The molecule has 0 spiro atoms. The molecule has 1 aromatic carbocycles. The van der Waals surface area contributed by atoms with Gasteiger partial charge in [0, 0.05) is 16.3 Å². The number of carboxylic acid groups (broad SMARTS) is 1. The minimum atomic E-state index is -0.954. The van der Waals surface area contributed by atoms with Crippen molar-refractivity contribution in [3.05, 3.63) is 44.3 Å². The third-order valence-corrected chi connectivity index (χ3v) is 4.98. The lowest BCUT2D eigenvalue weighted by Crippen LogP contribution is -2.16. The zero-order valence-corrected chi connectivity index (χ0v) is 13.3. The van der Waals surface area contributed by atoms with Crippen LogP contribution in [-0.4, -0.2) is 25.8 Å². The lowest BCUT2D eigenvalue weighted by Gasteiger charge is -2.06. The Balaban J connectivity index is 1.76. The summed E-state index contributed by atoms with van der Waals surface area (Å²) in [6, 6.07) is 5.20. The number of hydrogen-bond acceptors (Lipinski definition) is 4. The van der Waals surface area contributed by atoms with Crippen LogP contribution in [0.15, 0.2) is 32.6 Å². The van der Waals surface area contributed by atoms with Crippen molar-refractivity contribution in [1.82, 2.24) is 14.8 Å². The van der Waals surface area contributed by atoms with Crippen LogP contribution in [0.1, 0.15) is 34.8 Å². The Morgan fingerprint density at radius 2 is 2.29 bits per heavy atom. The van der Waals surface area contributed by atoms with Gasteiger partial charge in [-0.3, -0.25) is 4.57 Å². The molecule has 3 rings (SSSR count). The van der Waals surface area contributed by atoms with Gasteiger partial charge in [0.25, 0.3) is 0 Å². The second-order valence-corrected chi connectivity index (χ2v) is 6.61. The van der Waals surface area contributed by atoms with Crippen LogP contribution in [-0.2, 0) is 5.75 Å². The molecule has 6 nitrogen and oxygen atoms in total. The number of benzene rings is 1. The van der Waals surface area contributed by atoms with E-state index in [1.807, 2.05) is 0 Å². The van der Waals surface area contributed by atoms with Crippen LogP contribution in [0.5, 0.6) is 0 Å². The van der Waals surface area contributed by atoms with Crippen molar-refractivity contribution >= 4 is 33.7 Å². The van der Waals surface area contributed by atoms with Gasteiger partial charge in [-0.2, -0.15) is 0 Å². The maximum atomic E-state index is 11.7. The normalized spacial score (nSPS) is 14.3. The van der Waals surface area contributed by atoms with Crippen molar-refractivity contribution in [2.24, 2.45) is 0 Å². The third kappa shape index (κ3) is 3.06. The summed E-state index contributed by atoms with van der Waals surface area (Å²) >= 11 is 4.84. The Kier molecular flexibility index (Phi) is 3.90. The number of aromatic carboxylic acids is 1. The number of carbonyl (C=O) groups is 1. The monoisotopic (exact) mass is 369 g/mol. The molecule has 0 unspecified atom stereocenters. The molecule has 1 fully saturated rings. The maximum Gasteiger partial charge on any atom is 0.344 e. The van der Waals surface area contributed by atoms with Crippen LogP contribution in [0.3, 0.4) is 0 Å². The first-order valence-corrected chi connectivity index (χ1v) is 8.15. The molecule has 1 heterocycles. The molecule has 1 aromatic heterocycles. The van der Waals surface area contributed by atoms with E-state index in [0.29, 0.717) is 10.9 Å². The van der Waals surface area contributed by atoms with Crippen LogP contribution in [0.25, 0.3) is 0 Å². The van der Waals surface area contributed by atoms with Crippen molar-refractivity contribution in [2.75, 3.05) is 0 Å². The van der Waals surface area contributed by atoms with E-state index in [9.17, 15) is 9.59 Å². The third-order valence-electron chi connectivity index (χ3n) is 3.24. The van der Waals surface area contributed by atoms with Crippen molar-refractivity contribution in [3.63, 3.8) is 0 Å². The molecule has 0 bridgehead atoms. The Labute approximate surface area is 132 Å². The predicted octanol–water partition coefficient (Wildman–Crippen LogP) is 2.66. The summed E-state index contributed by atoms with van der Waals surface area (Å²) in [5, 5.41) is 16.1. The van der Waals surface area contributed by atoms with Crippen molar-refractivity contribution in [3.8, 4) is 0 Å². The standard InChI is InChI=1S/C13H12BrN3O3S/c14-10-5-7(11(18)19)1-2-8(10)6-21-13-16-15-12(20)17(13)9-3-4-9/h1-2,5,9H,3-4,6H2,(H,15,20)(H,18,19). The fraction of sp³-hybridized carbons (Fsp3) is 0.308. The summed E-state index contributed by atoms with van der Waals surface area (Å²) < 4.78 is 2.44. The fourth-order valence-electron chi connectivity index (χ4n) is 1.99. The van der Waals surface area contributed by atoms with Gasteiger partial charge in [-0.15, -0.1) is 5.10 Å². The molecular formula is C13H12BrN3O3S. The van der Waals surface area contributed by atoms with Crippen molar-refractivity contribution in [2.45, 2.75) is 29.8 Å². The van der Waals surface area contributed by atoms with E-state index in [2.05, 4.69) is 26.1 Å². The molecule has 1 aliphatic rings. The highest BCUT2D eigenvalue weighted by Gasteiger charge is 2.28. The average molecular weight is 370 g/mol. The number of carboxylic acids is 1. The number of halogens is 1. The average Bonchev–Trinajstić information content (AvgIpc) is 3.21. The van der Waals surface area contributed by atoms with Crippen LogP contribution in [0.2, 0.25) is 0 Å². The topological polar surface area (TPSA) is 88.0 Å². The first-order chi connectivity index (χ1) is 10.1. The number of aromatic nitrogens is 3. The van der Waals surface area contributed by atoms with Gasteiger partial charge in [-0.25, -0.2) is 14.7 Å². The highest BCUT2D eigenvalue weighted by molar-refractivity contribution is 9.10. The number of nitrogens with one attached hydrogen (secondary N) is 1. The molecule has 0 saturated heterocycles. The number of hydrogen-bond donors (Lipinski definition) is 2. The smallest absolute Gasteiger partial charge is 0.344 e. The van der Waals surface area contributed by atoms with E-state index in [1.54, 1.807) is 22.8 Å².